The van der Waals surface area contributed by atoms with E-state index in [0.29, 0.717) is 6.54 Å². The highest BCUT2D eigenvalue weighted by Crippen LogP contribution is 2.18. The summed E-state index contributed by atoms with van der Waals surface area (Å²) in [6.07, 6.45) is 3.33. The molecule has 0 atom stereocenters. The monoisotopic (exact) mass is 248 g/mol. The van der Waals surface area contributed by atoms with Gasteiger partial charge in [0.2, 0.25) is 5.43 Å². The summed E-state index contributed by atoms with van der Waals surface area (Å²) in [5.74, 6) is 0. The largest absolute Gasteiger partial charge is 0.394 e. The summed E-state index contributed by atoms with van der Waals surface area (Å²) in [5, 5.41) is 0.724. The molecule has 1 aromatic carbocycles. The van der Waals surface area contributed by atoms with Crippen LogP contribution in [0.3, 0.4) is 0 Å². The molecule has 4 heteroatoms. The van der Waals surface area contributed by atoms with Gasteiger partial charge in [-0.15, -0.1) is 0 Å². The molecule has 0 fully saturated rings. The van der Waals surface area contributed by atoms with Crippen molar-refractivity contribution in [3.8, 4) is 0 Å². The summed E-state index contributed by atoms with van der Waals surface area (Å²) in [7, 11) is 0. The number of benzene rings is 1. The van der Waals surface area contributed by atoms with Crippen molar-refractivity contribution in [2.45, 2.75) is 13.5 Å². The molecule has 88 valence electrons. The van der Waals surface area contributed by atoms with Crippen molar-refractivity contribution in [2.24, 2.45) is 0 Å². The number of nitrogens with zero attached hydrogens (tertiary/aromatic N) is 1. The van der Waals surface area contributed by atoms with E-state index in [9.17, 15) is 4.79 Å². The third kappa shape index (κ3) is 2.68. The van der Waals surface area contributed by atoms with E-state index in [4.69, 9.17) is 17.3 Å². The van der Waals surface area contributed by atoms with Crippen LogP contribution in [-0.2, 0) is 6.54 Å². The molecule has 1 aromatic heterocycles. The molecule has 0 amide bonds. The van der Waals surface area contributed by atoms with E-state index < -0.39 is 0 Å². The Morgan fingerprint density at radius 1 is 1.35 bits per heavy atom. The Morgan fingerprint density at radius 2 is 2.12 bits per heavy atom. The number of nitrogens with two attached hydrogens (primary N) is 1. The van der Waals surface area contributed by atoms with Gasteiger partial charge in [0.15, 0.2) is 0 Å². The highest BCUT2D eigenvalue weighted by atomic mass is 35.5. The summed E-state index contributed by atoms with van der Waals surface area (Å²) in [4.78, 5) is 11.2. The molecule has 1 heterocycles. The number of aromatic nitrogens is 1. The van der Waals surface area contributed by atoms with Gasteiger partial charge in [-0.05, 0) is 24.1 Å². The van der Waals surface area contributed by atoms with Gasteiger partial charge in [0.05, 0.1) is 5.69 Å². The van der Waals surface area contributed by atoms with Crippen LogP contribution in [0.2, 0.25) is 5.02 Å². The minimum absolute atomic E-state index is 0.156. The molecule has 2 N–H and O–H groups in total. The van der Waals surface area contributed by atoms with Crippen LogP contribution >= 0.6 is 11.6 Å². The maximum Gasteiger partial charge on any atom is 0.204 e. The molecule has 0 aliphatic rings. The van der Waals surface area contributed by atoms with Crippen LogP contribution in [0.25, 0.3) is 0 Å². The van der Waals surface area contributed by atoms with Crippen molar-refractivity contribution < 1.29 is 0 Å². The van der Waals surface area contributed by atoms with Gasteiger partial charge in [0.25, 0.3) is 0 Å². The van der Waals surface area contributed by atoms with E-state index in [1.165, 1.54) is 6.07 Å². The normalized spacial score (nSPS) is 10.5. The molecule has 0 unspecified atom stereocenters. The van der Waals surface area contributed by atoms with Crippen molar-refractivity contribution in [3.63, 3.8) is 0 Å². The first-order valence-electron chi connectivity index (χ1n) is 5.27. The van der Waals surface area contributed by atoms with Gasteiger partial charge in [-0.1, -0.05) is 23.7 Å². The lowest BCUT2D eigenvalue weighted by atomic mass is 10.1. The van der Waals surface area contributed by atoms with Crippen LogP contribution in [0, 0.1) is 6.92 Å². The van der Waals surface area contributed by atoms with E-state index in [0.717, 1.165) is 16.1 Å². The quantitative estimate of drug-likeness (QED) is 0.888. The van der Waals surface area contributed by atoms with Gasteiger partial charge in [0, 0.05) is 30.0 Å². The van der Waals surface area contributed by atoms with E-state index >= 15 is 0 Å². The predicted octanol–water partition coefficient (Wildman–Crippen LogP) is 2.44. The standard InChI is InChI=1S/C13H13ClN2O/c1-9-2-3-10(11(14)6-9)7-16-5-4-13(17)12(15)8-16/h2-6,8H,7,15H2,1H3. The van der Waals surface area contributed by atoms with Crippen LogP contribution in [0.4, 0.5) is 5.69 Å². The zero-order valence-electron chi connectivity index (χ0n) is 9.48. The van der Waals surface area contributed by atoms with E-state index in [1.807, 2.05) is 29.7 Å². The van der Waals surface area contributed by atoms with Crippen LogP contribution in [0.5, 0.6) is 0 Å². The van der Waals surface area contributed by atoms with Crippen LogP contribution in [-0.4, -0.2) is 4.57 Å². The van der Waals surface area contributed by atoms with Gasteiger partial charge < -0.3 is 10.3 Å². The maximum absolute atomic E-state index is 11.2. The molecule has 3 nitrogen and oxygen atoms in total. The number of hydrogen-bond acceptors (Lipinski definition) is 2. The van der Waals surface area contributed by atoms with Gasteiger partial charge in [-0.3, -0.25) is 4.79 Å². The highest BCUT2D eigenvalue weighted by Gasteiger charge is 2.02. The number of rotatable bonds is 2. The Balaban J connectivity index is 2.31. The number of pyridine rings is 1. The van der Waals surface area contributed by atoms with Crippen molar-refractivity contribution in [1.29, 1.82) is 0 Å². The molecule has 2 rings (SSSR count). The van der Waals surface area contributed by atoms with Gasteiger partial charge in [-0.25, -0.2) is 0 Å². The fourth-order valence-electron chi connectivity index (χ4n) is 1.62. The lowest BCUT2D eigenvalue weighted by molar-refractivity contribution is 0.791. The molecule has 0 aliphatic carbocycles. The second kappa shape index (κ2) is 4.63. The molecule has 0 spiro atoms. The SMILES string of the molecule is Cc1ccc(Cn2ccc(=O)c(N)c2)c(Cl)c1. The van der Waals surface area contributed by atoms with E-state index in [2.05, 4.69) is 0 Å². The maximum atomic E-state index is 11.2. The minimum atomic E-state index is -0.156. The molecular weight excluding hydrogens is 236 g/mol. The second-order valence-corrected chi connectivity index (χ2v) is 4.44. The zero-order valence-corrected chi connectivity index (χ0v) is 10.2. The number of nitrogen functional groups attached to an aromatic ring is 1. The summed E-state index contributed by atoms with van der Waals surface area (Å²) < 4.78 is 1.84. The average Bonchev–Trinajstić information content (AvgIpc) is 2.27. The Bertz CT molecular complexity index is 605. The zero-order chi connectivity index (χ0) is 12.4. The molecule has 0 aliphatic heterocycles. The first-order chi connectivity index (χ1) is 8.06. The van der Waals surface area contributed by atoms with Gasteiger partial charge >= 0.3 is 0 Å². The molecule has 2 aromatic rings. The van der Waals surface area contributed by atoms with Crippen molar-refractivity contribution in [2.75, 3.05) is 5.73 Å². The summed E-state index contributed by atoms with van der Waals surface area (Å²) in [6, 6.07) is 7.36. The number of hydrogen-bond donors (Lipinski definition) is 1. The van der Waals surface area contributed by atoms with Crippen molar-refractivity contribution >= 4 is 17.3 Å². The molecule has 0 radical (unpaired) electrons. The topological polar surface area (TPSA) is 48.0 Å². The summed E-state index contributed by atoms with van der Waals surface area (Å²) >= 11 is 6.14. The number of aryl methyl sites for hydroxylation is 1. The predicted molar refractivity (Wildman–Crippen MR) is 70.4 cm³/mol. The van der Waals surface area contributed by atoms with Crippen LogP contribution in [0.15, 0.2) is 41.5 Å². The molecule has 0 bridgehead atoms. The fraction of sp³-hybridized carbons (Fsp3) is 0.154. The van der Waals surface area contributed by atoms with Crippen molar-refractivity contribution in [3.05, 3.63) is 63.0 Å². The van der Waals surface area contributed by atoms with Crippen LogP contribution in [0.1, 0.15) is 11.1 Å². The molecule has 17 heavy (non-hydrogen) atoms. The van der Waals surface area contributed by atoms with Gasteiger partial charge in [-0.2, -0.15) is 0 Å². The summed E-state index contributed by atoms with van der Waals surface area (Å²) in [6.45, 7) is 2.59. The van der Waals surface area contributed by atoms with E-state index in [1.54, 1.807) is 12.4 Å². The third-order valence-electron chi connectivity index (χ3n) is 2.57. The second-order valence-electron chi connectivity index (χ2n) is 4.03. The Hall–Kier alpha value is -1.74. The first-order valence-corrected chi connectivity index (χ1v) is 5.64. The Morgan fingerprint density at radius 3 is 2.76 bits per heavy atom. The smallest absolute Gasteiger partial charge is 0.204 e. The van der Waals surface area contributed by atoms with Crippen molar-refractivity contribution in [1.82, 2.24) is 4.57 Å². The van der Waals surface area contributed by atoms with Crippen LogP contribution < -0.4 is 11.2 Å². The first kappa shape index (κ1) is 11.7. The average molecular weight is 249 g/mol. The number of anilines is 1. The lowest BCUT2D eigenvalue weighted by Gasteiger charge is -2.09. The Labute approximate surface area is 104 Å². The molecule has 0 saturated heterocycles. The Kier molecular flexibility index (Phi) is 3.20. The third-order valence-corrected chi connectivity index (χ3v) is 2.92. The summed E-state index contributed by atoms with van der Waals surface area (Å²) in [5.41, 5.74) is 7.78. The fourth-order valence-corrected chi connectivity index (χ4v) is 1.92. The molecular formula is C13H13ClN2O. The van der Waals surface area contributed by atoms with Gasteiger partial charge in [0.1, 0.15) is 0 Å². The minimum Gasteiger partial charge on any atom is -0.394 e. The van der Waals surface area contributed by atoms with E-state index in [-0.39, 0.29) is 11.1 Å². The molecule has 0 saturated carbocycles. The highest BCUT2D eigenvalue weighted by molar-refractivity contribution is 6.31. The number of halogens is 1. The lowest BCUT2D eigenvalue weighted by Crippen LogP contribution is -2.11.